The molecule has 184 valence electrons. The Morgan fingerprint density at radius 3 is 2.89 bits per heavy atom. The Morgan fingerprint density at radius 2 is 2.23 bits per heavy atom. The molecule has 1 fully saturated rings. The van der Waals surface area contributed by atoms with Gasteiger partial charge in [-0.2, -0.15) is 0 Å². The number of thioether (sulfide) groups is 3. The molecule has 0 aliphatic carbocycles. The second kappa shape index (κ2) is 10.9. The number of quaternary nitrogens is 1. The number of fused-ring (bicyclic) bond motifs is 1. The molecule has 0 aromatic carbocycles. The van der Waals surface area contributed by atoms with Crippen LogP contribution in [0.25, 0.3) is 0 Å². The molecule has 0 spiro atoms. The Balaban J connectivity index is 1.53. The van der Waals surface area contributed by atoms with Gasteiger partial charge < -0.3 is 31.9 Å². The molecule has 35 heavy (non-hydrogen) atoms. The number of carboxylic acid groups (broad SMARTS) is 1. The summed E-state index contributed by atoms with van der Waals surface area (Å²) < 4.78 is 0. The zero-order valence-electron chi connectivity index (χ0n) is 17.9. The fraction of sp³-hybridized carbons (Fsp3) is 0.263. The van der Waals surface area contributed by atoms with Crippen molar-refractivity contribution < 1.29 is 30.4 Å². The molecule has 0 unspecified atom stereocenters. The van der Waals surface area contributed by atoms with E-state index < -0.39 is 34.9 Å². The summed E-state index contributed by atoms with van der Waals surface area (Å²) in [6, 6.07) is 0.777. The second-order valence-corrected chi connectivity index (χ2v) is 11.3. The predicted molar refractivity (Wildman–Crippen MR) is 130 cm³/mol. The molecule has 7 N–H and O–H groups in total. The van der Waals surface area contributed by atoms with E-state index in [0.717, 1.165) is 38.3 Å². The highest BCUT2D eigenvalue weighted by Gasteiger charge is 2.53. The van der Waals surface area contributed by atoms with Crippen LogP contribution in [-0.2, 0) is 14.4 Å². The molecule has 2 aromatic rings. The number of rotatable bonds is 9. The van der Waals surface area contributed by atoms with Crippen LogP contribution in [0.1, 0.15) is 5.69 Å². The number of carbonyl (C=O) groups excluding carboxylic acids is 3. The SMILES string of the molecule is Nc1nc(/C(=N/O)C(=O)N[C@@H]2C(=O)N3C(C(=O)[O-])=C(Sc4ccncc4SCC[NH3+])CS[C@H]23)cs1. The number of pyridine rings is 1. The standard InChI is InChI=1S/C19H19N7O5S4/c20-2-4-32-10-5-22-3-1-9(10)35-11-7-33-17-13(16(28)26(17)14(11)18(29)30)24-15(27)12(25-31)8-6-34-19(21)23-8/h1,3,5-6,13,17,31H,2,4,7,20H2,(H2,21,23)(H,24,27)(H,29,30)/b25-12-/t13-,17-/m1/s1. The first-order valence-corrected chi connectivity index (χ1v) is 13.8. The molecule has 0 saturated carbocycles. The normalized spacial score (nSPS) is 19.9. The predicted octanol–water partition coefficient (Wildman–Crippen LogP) is -1.21. The highest BCUT2D eigenvalue weighted by atomic mass is 32.2. The van der Waals surface area contributed by atoms with Crippen LogP contribution in [-0.4, -0.2) is 73.0 Å². The number of hydrogen-bond acceptors (Lipinski definition) is 13. The lowest BCUT2D eigenvalue weighted by atomic mass is 10.0. The molecule has 0 radical (unpaired) electrons. The van der Waals surface area contributed by atoms with Crippen molar-refractivity contribution in [2.24, 2.45) is 5.16 Å². The van der Waals surface area contributed by atoms with E-state index in [-0.39, 0.29) is 16.5 Å². The lowest BCUT2D eigenvalue weighted by Crippen LogP contribution is -2.71. The average molecular weight is 554 g/mol. The van der Waals surface area contributed by atoms with Crippen molar-refractivity contribution in [1.29, 1.82) is 0 Å². The Morgan fingerprint density at radius 1 is 1.43 bits per heavy atom. The van der Waals surface area contributed by atoms with Gasteiger partial charge in [0.1, 0.15) is 17.1 Å². The van der Waals surface area contributed by atoms with Crippen LogP contribution in [0, 0.1) is 0 Å². The zero-order chi connectivity index (χ0) is 25.1. The summed E-state index contributed by atoms with van der Waals surface area (Å²) in [7, 11) is 0. The van der Waals surface area contributed by atoms with Crippen LogP contribution >= 0.6 is 46.6 Å². The maximum absolute atomic E-state index is 12.9. The van der Waals surface area contributed by atoms with Gasteiger partial charge in [0.15, 0.2) is 10.8 Å². The van der Waals surface area contributed by atoms with E-state index in [1.54, 1.807) is 30.2 Å². The number of nitrogens with two attached hydrogens (primary N) is 1. The lowest BCUT2D eigenvalue weighted by Gasteiger charge is -2.50. The van der Waals surface area contributed by atoms with Gasteiger partial charge in [0.05, 0.1) is 18.2 Å². The van der Waals surface area contributed by atoms with E-state index in [2.05, 4.69) is 26.2 Å². The number of hydrogen-bond donors (Lipinski definition) is 4. The van der Waals surface area contributed by atoms with E-state index >= 15 is 0 Å². The molecular weight excluding hydrogens is 535 g/mol. The number of nitrogens with zero attached hydrogens (tertiary/aromatic N) is 4. The number of thiazole rings is 1. The highest BCUT2D eigenvalue weighted by molar-refractivity contribution is 8.07. The van der Waals surface area contributed by atoms with E-state index in [4.69, 9.17) is 5.73 Å². The minimum atomic E-state index is -1.48. The molecule has 2 aliphatic heterocycles. The first-order valence-electron chi connectivity index (χ1n) is 10.0. The molecular formula is C19H19N7O5S4. The molecule has 0 bridgehead atoms. The second-order valence-electron chi connectivity index (χ2n) is 7.07. The number of aliphatic carboxylic acids is 1. The maximum atomic E-state index is 12.9. The third-order valence-electron chi connectivity index (χ3n) is 4.87. The van der Waals surface area contributed by atoms with Crippen LogP contribution in [0.2, 0.25) is 0 Å². The Labute approximate surface area is 215 Å². The van der Waals surface area contributed by atoms with Crippen molar-refractivity contribution in [2.45, 2.75) is 21.2 Å². The summed E-state index contributed by atoms with van der Waals surface area (Å²) >= 11 is 5.18. The number of anilines is 1. The first kappa shape index (κ1) is 25.3. The maximum Gasteiger partial charge on any atom is 0.276 e. The lowest BCUT2D eigenvalue weighted by molar-refractivity contribution is -0.360. The Kier molecular flexibility index (Phi) is 7.85. The zero-order valence-corrected chi connectivity index (χ0v) is 21.1. The fourth-order valence-electron chi connectivity index (χ4n) is 3.35. The summed E-state index contributed by atoms with van der Waals surface area (Å²) in [6.45, 7) is 0.724. The molecule has 1 saturated heterocycles. The molecule has 12 nitrogen and oxygen atoms in total. The van der Waals surface area contributed by atoms with Crippen LogP contribution in [0.4, 0.5) is 5.13 Å². The van der Waals surface area contributed by atoms with Gasteiger partial charge >= 0.3 is 0 Å². The van der Waals surface area contributed by atoms with Gasteiger partial charge in [0, 0.05) is 44.0 Å². The third kappa shape index (κ3) is 5.11. The molecule has 2 atom stereocenters. The Bertz CT molecular complexity index is 1230. The van der Waals surface area contributed by atoms with Crippen molar-refractivity contribution in [2.75, 3.05) is 23.8 Å². The number of nitrogens with one attached hydrogen (secondary N) is 1. The average Bonchev–Trinajstić information content (AvgIpc) is 3.27. The fourth-order valence-corrected chi connectivity index (χ4v) is 7.37. The summed E-state index contributed by atoms with van der Waals surface area (Å²) in [4.78, 5) is 48.9. The summed E-state index contributed by atoms with van der Waals surface area (Å²) in [6.07, 6.45) is 3.32. The van der Waals surface area contributed by atoms with Crippen molar-refractivity contribution in [3.05, 3.63) is 40.1 Å². The smallest absolute Gasteiger partial charge is 0.276 e. The molecule has 2 aromatic heterocycles. The van der Waals surface area contributed by atoms with Gasteiger partial charge in [-0.1, -0.05) is 16.9 Å². The number of amides is 2. The highest BCUT2D eigenvalue weighted by Crippen LogP contribution is 2.46. The van der Waals surface area contributed by atoms with E-state index in [9.17, 15) is 24.7 Å². The quantitative estimate of drug-likeness (QED) is 0.0953. The minimum Gasteiger partial charge on any atom is -0.543 e. The van der Waals surface area contributed by atoms with E-state index in [1.165, 1.54) is 28.9 Å². The topological polar surface area (TPSA) is 202 Å². The molecule has 16 heteroatoms. The number of oxime groups is 1. The van der Waals surface area contributed by atoms with Crippen LogP contribution in [0.5, 0.6) is 0 Å². The largest absolute Gasteiger partial charge is 0.543 e. The number of aromatic nitrogens is 2. The van der Waals surface area contributed by atoms with Gasteiger partial charge in [0.2, 0.25) is 0 Å². The van der Waals surface area contributed by atoms with Crippen molar-refractivity contribution in [3.63, 3.8) is 0 Å². The van der Waals surface area contributed by atoms with Crippen molar-refractivity contribution in [1.82, 2.24) is 20.2 Å². The molecule has 2 amide bonds. The summed E-state index contributed by atoms with van der Waals surface area (Å²) in [5.41, 5.74) is 8.83. The monoisotopic (exact) mass is 553 g/mol. The van der Waals surface area contributed by atoms with E-state index in [1.807, 2.05) is 0 Å². The van der Waals surface area contributed by atoms with Crippen LogP contribution in [0.15, 0.2) is 49.4 Å². The number of carbonyl (C=O) groups is 3. The molecule has 2 aliphatic rings. The minimum absolute atomic E-state index is 0.0614. The van der Waals surface area contributed by atoms with Gasteiger partial charge in [0.25, 0.3) is 11.8 Å². The van der Waals surface area contributed by atoms with Crippen molar-refractivity contribution >= 4 is 75.2 Å². The van der Waals surface area contributed by atoms with Crippen LogP contribution in [0.3, 0.4) is 0 Å². The Hall–Kier alpha value is -2.79. The molecule has 4 heterocycles. The van der Waals surface area contributed by atoms with E-state index in [0.29, 0.717) is 10.7 Å². The number of β-lactam (4-membered cyclic amide) rings is 1. The third-order valence-corrected chi connectivity index (χ3v) is 9.43. The summed E-state index contributed by atoms with van der Waals surface area (Å²) in [5.74, 6) is -1.85. The first-order chi connectivity index (χ1) is 16.8. The van der Waals surface area contributed by atoms with Crippen molar-refractivity contribution in [3.8, 4) is 0 Å². The molecule has 4 rings (SSSR count). The van der Waals surface area contributed by atoms with Gasteiger partial charge in [-0.15, -0.1) is 34.9 Å². The number of nitrogen functional groups attached to an aromatic ring is 1. The van der Waals surface area contributed by atoms with Gasteiger partial charge in [-0.3, -0.25) is 19.5 Å². The summed E-state index contributed by atoms with van der Waals surface area (Å²) in [5, 5.41) is 27.8. The van der Waals surface area contributed by atoms with Crippen LogP contribution < -0.4 is 21.9 Å². The number of carboxylic acids is 1. The van der Waals surface area contributed by atoms with Gasteiger partial charge in [-0.05, 0) is 6.07 Å². The van der Waals surface area contributed by atoms with Gasteiger partial charge in [-0.25, -0.2) is 4.98 Å².